The zero-order valence-corrected chi connectivity index (χ0v) is 12.1. The molecule has 0 aromatic heterocycles. The summed E-state index contributed by atoms with van der Waals surface area (Å²) in [4.78, 5) is 12.0. The summed E-state index contributed by atoms with van der Waals surface area (Å²) in [6.45, 7) is 0. The molecule has 1 aromatic rings. The predicted molar refractivity (Wildman–Crippen MR) is 78.7 cm³/mol. The summed E-state index contributed by atoms with van der Waals surface area (Å²) in [7, 11) is 0. The average Bonchev–Trinajstić information content (AvgIpc) is 2.35. The van der Waals surface area contributed by atoms with E-state index in [-0.39, 0.29) is 11.2 Å². The number of amides is 1. The van der Waals surface area contributed by atoms with E-state index in [1.165, 1.54) is 0 Å². The van der Waals surface area contributed by atoms with Gasteiger partial charge in [-0.25, -0.2) is 0 Å². The lowest BCUT2D eigenvalue weighted by Crippen LogP contribution is -2.30. The molecule has 1 amide bonds. The molecule has 1 saturated heterocycles. The SMILES string of the molecule is O=C(Nc1cc(Cl)ccc1Cl)C1CSCCS1. The number of hydrogen-bond donors (Lipinski definition) is 1. The van der Waals surface area contributed by atoms with Crippen LogP contribution in [0.1, 0.15) is 0 Å². The highest BCUT2D eigenvalue weighted by atomic mass is 35.5. The Balaban J connectivity index is 2.04. The molecule has 1 fully saturated rings. The summed E-state index contributed by atoms with van der Waals surface area (Å²) in [5, 5.41) is 3.91. The smallest absolute Gasteiger partial charge is 0.238 e. The molecular formula is C11H11Cl2NOS2. The summed E-state index contributed by atoms with van der Waals surface area (Å²) in [5.74, 6) is 3.00. The number of anilines is 1. The Morgan fingerprint density at radius 2 is 2.18 bits per heavy atom. The van der Waals surface area contributed by atoms with E-state index in [0.29, 0.717) is 15.7 Å². The molecule has 0 saturated carbocycles. The predicted octanol–water partition coefficient (Wildman–Crippen LogP) is 3.78. The van der Waals surface area contributed by atoms with Crippen LogP contribution in [0, 0.1) is 0 Å². The molecule has 0 bridgehead atoms. The highest BCUT2D eigenvalue weighted by molar-refractivity contribution is 8.07. The van der Waals surface area contributed by atoms with E-state index < -0.39 is 0 Å². The monoisotopic (exact) mass is 307 g/mol. The first-order valence-electron chi connectivity index (χ1n) is 5.12. The third-order valence-electron chi connectivity index (χ3n) is 2.29. The largest absolute Gasteiger partial charge is 0.324 e. The summed E-state index contributed by atoms with van der Waals surface area (Å²) < 4.78 is 0. The number of hydrogen-bond acceptors (Lipinski definition) is 3. The molecule has 0 spiro atoms. The molecule has 6 heteroatoms. The number of benzene rings is 1. The maximum Gasteiger partial charge on any atom is 0.238 e. The lowest BCUT2D eigenvalue weighted by atomic mass is 10.3. The van der Waals surface area contributed by atoms with Crippen molar-refractivity contribution in [1.82, 2.24) is 0 Å². The Bertz CT molecular complexity index is 422. The molecule has 1 heterocycles. The third-order valence-corrected chi connectivity index (χ3v) is 5.61. The van der Waals surface area contributed by atoms with Gasteiger partial charge in [-0.2, -0.15) is 11.8 Å². The highest BCUT2D eigenvalue weighted by Crippen LogP contribution is 2.28. The molecule has 17 heavy (non-hydrogen) atoms. The molecular weight excluding hydrogens is 297 g/mol. The lowest BCUT2D eigenvalue weighted by molar-refractivity contribution is -0.115. The molecule has 1 atom stereocenters. The van der Waals surface area contributed by atoms with E-state index >= 15 is 0 Å². The number of carbonyl (C=O) groups excluding carboxylic acids is 1. The van der Waals surface area contributed by atoms with Crippen LogP contribution in [-0.2, 0) is 4.79 Å². The second-order valence-corrected chi connectivity index (χ2v) is 6.85. The van der Waals surface area contributed by atoms with Crippen LogP contribution >= 0.6 is 46.7 Å². The van der Waals surface area contributed by atoms with Crippen LogP contribution in [0.2, 0.25) is 10.0 Å². The van der Waals surface area contributed by atoms with Crippen molar-refractivity contribution in [2.45, 2.75) is 5.25 Å². The minimum atomic E-state index is 0.00352. The Morgan fingerprint density at radius 1 is 1.35 bits per heavy atom. The van der Waals surface area contributed by atoms with Crippen LogP contribution in [0.3, 0.4) is 0 Å². The Hall–Kier alpha value is -0.0300. The Morgan fingerprint density at radius 3 is 2.88 bits per heavy atom. The Labute approximate surface area is 119 Å². The first-order valence-corrected chi connectivity index (χ1v) is 8.08. The topological polar surface area (TPSA) is 29.1 Å². The molecule has 1 aliphatic rings. The molecule has 1 aromatic carbocycles. The fraction of sp³-hybridized carbons (Fsp3) is 0.364. The highest BCUT2D eigenvalue weighted by Gasteiger charge is 2.22. The van der Waals surface area contributed by atoms with E-state index in [2.05, 4.69) is 5.32 Å². The van der Waals surface area contributed by atoms with Gasteiger partial charge in [0, 0.05) is 22.3 Å². The van der Waals surface area contributed by atoms with Crippen LogP contribution in [-0.4, -0.2) is 28.4 Å². The van der Waals surface area contributed by atoms with Gasteiger partial charge in [-0.1, -0.05) is 23.2 Å². The normalized spacial score (nSPS) is 20.0. The van der Waals surface area contributed by atoms with Gasteiger partial charge in [0.25, 0.3) is 0 Å². The van der Waals surface area contributed by atoms with Crippen LogP contribution in [0.5, 0.6) is 0 Å². The lowest BCUT2D eigenvalue weighted by Gasteiger charge is -2.20. The quantitative estimate of drug-likeness (QED) is 0.901. The van der Waals surface area contributed by atoms with E-state index in [1.807, 2.05) is 11.8 Å². The van der Waals surface area contributed by atoms with Crippen molar-refractivity contribution >= 4 is 58.3 Å². The van der Waals surface area contributed by atoms with Gasteiger partial charge in [0.1, 0.15) is 0 Å². The fourth-order valence-corrected chi connectivity index (χ4v) is 4.34. The van der Waals surface area contributed by atoms with Crippen molar-refractivity contribution in [3.63, 3.8) is 0 Å². The van der Waals surface area contributed by atoms with Crippen LogP contribution in [0.15, 0.2) is 18.2 Å². The number of rotatable bonds is 2. The van der Waals surface area contributed by atoms with E-state index in [4.69, 9.17) is 23.2 Å². The molecule has 1 unspecified atom stereocenters. The molecule has 1 aliphatic heterocycles. The van der Waals surface area contributed by atoms with Gasteiger partial charge in [0.05, 0.1) is 16.0 Å². The van der Waals surface area contributed by atoms with Gasteiger partial charge in [-0.3, -0.25) is 4.79 Å². The second kappa shape index (κ2) is 6.23. The number of carbonyl (C=O) groups is 1. The van der Waals surface area contributed by atoms with Crippen molar-refractivity contribution in [3.05, 3.63) is 28.2 Å². The summed E-state index contributed by atoms with van der Waals surface area (Å²) >= 11 is 15.4. The van der Waals surface area contributed by atoms with Crippen molar-refractivity contribution in [2.75, 3.05) is 22.6 Å². The summed E-state index contributed by atoms with van der Waals surface area (Å²) in [6, 6.07) is 5.05. The second-order valence-electron chi connectivity index (χ2n) is 3.55. The maximum atomic E-state index is 12.0. The Kier molecular flexibility index (Phi) is 4.91. The maximum absolute atomic E-state index is 12.0. The minimum Gasteiger partial charge on any atom is -0.324 e. The first kappa shape index (κ1) is 13.4. The van der Waals surface area contributed by atoms with Crippen LogP contribution < -0.4 is 5.32 Å². The van der Waals surface area contributed by atoms with E-state index in [1.54, 1.807) is 30.0 Å². The minimum absolute atomic E-state index is 0.00352. The zero-order chi connectivity index (χ0) is 12.3. The third kappa shape index (κ3) is 3.71. The van der Waals surface area contributed by atoms with Gasteiger partial charge in [0.15, 0.2) is 0 Å². The van der Waals surface area contributed by atoms with E-state index in [9.17, 15) is 4.79 Å². The van der Waals surface area contributed by atoms with Gasteiger partial charge in [-0.15, -0.1) is 11.8 Å². The van der Waals surface area contributed by atoms with Crippen LogP contribution in [0.25, 0.3) is 0 Å². The molecule has 2 rings (SSSR count). The van der Waals surface area contributed by atoms with Crippen molar-refractivity contribution < 1.29 is 4.79 Å². The molecule has 0 aliphatic carbocycles. The molecule has 1 N–H and O–H groups in total. The van der Waals surface area contributed by atoms with E-state index in [0.717, 1.165) is 17.3 Å². The summed E-state index contributed by atoms with van der Waals surface area (Å²) in [5.41, 5.74) is 0.584. The van der Waals surface area contributed by atoms with Crippen molar-refractivity contribution in [1.29, 1.82) is 0 Å². The number of nitrogens with one attached hydrogen (secondary N) is 1. The van der Waals surface area contributed by atoms with Gasteiger partial charge >= 0.3 is 0 Å². The molecule has 0 radical (unpaired) electrons. The van der Waals surface area contributed by atoms with Gasteiger partial charge in [-0.05, 0) is 18.2 Å². The summed E-state index contributed by atoms with van der Waals surface area (Å²) in [6.07, 6.45) is 0. The van der Waals surface area contributed by atoms with Gasteiger partial charge < -0.3 is 5.32 Å². The molecule has 92 valence electrons. The number of thioether (sulfide) groups is 2. The number of halogens is 2. The zero-order valence-electron chi connectivity index (χ0n) is 8.91. The molecule has 2 nitrogen and oxygen atoms in total. The van der Waals surface area contributed by atoms with Gasteiger partial charge in [0.2, 0.25) is 5.91 Å². The van der Waals surface area contributed by atoms with Crippen molar-refractivity contribution in [3.8, 4) is 0 Å². The average molecular weight is 308 g/mol. The first-order chi connectivity index (χ1) is 8.16. The fourth-order valence-electron chi connectivity index (χ4n) is 1.45. The van der Waals surface area contributed by atoms with Crippen LogP contribution in [0.4, 0.5) is 5.69 Å². The standard InChI is InChI=1S/C11H11Cl2NOS2/c12-7-1-2-8(13)9(5-7)14-11(15)10-6-16-3-4-17-10/h1-2,5,10H,3-4,6H2,(H,14,15). The van der Waals surface area contributed by atoms with Crippen molar-refractivity contribution in [2.24, 2.45) is 0 Å².